The van der Waals surface area contributed by atoms with E-state index in [-0.39, 0.29) is 12.5 Å². The smallest absolute Gasteiger partial charge is 0.325 e. The molecule has 1 fully saturated rings. The molecule has 2 aromatic rings. The molecule has 0 aromatic heterocycles. The van der Waals surface area contributed by atoms with E-state index < -0.39 is 17.5 Å². The highest BCUT2D eigenvalue weighted by Gasteiger charge is 2.51. The Labute approximate surface area is 176 Å². The van der Waals surface area contributed by atoms with Crippen LogP contribution < -0.4 is 10.1 Å². The first-order valence-electron chi connectivity index (χ1n) is 9.89. The van der Waals surface area contributed by atoms with Gasteiger partial charge in [-0.25, -0.2) is 4.79 Å². The average molecular weight is 409 g/mol. The highest BCUT2D eigenvalue weighted by molar-refractivity contribution is 6.09. The third kappa shape index (κ3) is 3.87. The van der Waals surface area contributed by atoms with Gasteiger partial charge in [0.25, 0.3) is 5.91 Å². The second-order valence-corrected chi connectivity index (χ2v) is 7.49. The summed E-state index contributed by atoms with van der Waals surface area (Å²) in [6, 6.07) is 14.3. The van der Waals surface area contributed by atoms with Gasteiger partial charge in [0.2, 0.25) is 5.91 Å². The molecule has 0 radical (unpaired) electrons. The van der Waals surface area contributed by atoms with E-state index in [0.29, 0.717) is 24.3 Å². The van der Waals surface area contributed by atoms with Crippen molar-refractivity contribution in [2.45, 2.75) is 32.4 Å². The Hall–Kier alpha value is -3.35. The van der Waals surface area contributed by atoms with Crippen LogP contribution in [0.25, 0.3) is 0 Å². The summed E-state index contributed by atoms with van der Waals surface area (Å²) < 4.78 is 5.17. The number of nitrogens with one attached hydrogen (secondary N) is 1. The SMILES string of the molecule is CCC1(c2ccc(OC)cc2)NC(=O)N(CC(=O)N(C)Cc2ccccc2C)C1=O. The molecule has 1 aliphatic rings. The Morgan fingerprint density at radius 1 is 1.13 bits per heavy atom. The Morgan fingerprint density at radius 3 is 2.40 bits per heavy atom. The minimum Gasteiger partial charge on any atom is -0.497 e. The van der Waals surface area contributed by atoms with Crippen molar-refractivity contribution in [2.75, 3.05) is 20.7 Å². The highest BCUT2D eigenvalue weighted by atomic mass is 16.5. The number of imide groups is 1. The summed E-state index contributed by atoms with van der Waals surface area (Å²) in [4.78, 5) is 41.2. The monoisotopic (exact) mass is 409 g/mol. The number of hydrogen-bond donors (Lipinski definition) is 1. The number of likely N-dealkylation sites (N-methyl/N-ethyl adjacent to an activating group) is 1. The zero-order valence-corrected chi connectivity index (χ0v) is 17.8. The number of carbonyl (C=O) groups is 3. The second kappa shape index (κ2) is 8.57. The van der Waals surface area contributed by atoms with Gasteiger partial charge in [-0.15, -0.1) is 0 Å². The molecule has 7 heteroatoms. The van der Waals surface area contributed by atoms with Crippen LogP contribution in [0.15, 0.2) is 48.5 Å². The number of carbonyl (C=O) groups excluding carboxylic acids is 3. The van der Waals surface area contributed by atoms with Crippen molar-refractivity contribution < 1.29 is 19.1 Å². The molecule has 1 saturated heterocycles. The molecule has 4 amide bonds. The van der Waals surface area contributed by atoms with E-state index in [1.165, 1.54) is 4.90 Å². The predicted molar refractivity (Wildman–Crippen MR) is 113 cm³/mol. The number of urea groups is 1. The van der Waals surface area contributed by atoms with Crippen LogP contribution in [-0.4, -0.2) is 48.3 Å². The third-order valence-electron chi connectivity index (χ3n) is 5.68. The Kier molecular flexibility index (Phi) is 6.10. The lowest BCUT2D eigenvalue weighted by Gasteiger charge is -2.26. The Balaban J connectivity index is 1.76. The first kappa shape index (κ1) is 21.4. The number of nitrogens with zero attached hydrogens (tertiary/aromatic N) is 2. The van der Waals surface area contributed by atoms with Crippen molar-refractivity contribution in [1.82, 2.24) is 15.1 Å². The predicted octanol–water partition coefficient (Wildman–Crippen LogP) is 2.82. The number of aryl methyl sites for hydroxylation is 1. The average Bonchev–Trinajstić information content (AvgIpc) is 3.00. The van der Waals surface area contributed by atoms with Crippen LogP contribution in [0, 0.1) is 6.92 Å². The van der Waals surface area contributed by atoms with Gasteiger partial charge in [-0.2, -0.15) is 0 Å². The van der Waals surface area contributed by atoms with Crippen molar-refractivity contribution in [3.05, 3.63) is 65.2 Å². The summed E-state index contributed by atoms with van der Waals surface area (Å²) in [5.41, 5.74) is 1.58. The number of hydrogen-bond acceptors (Lipinski definition) is 4. The fourth-order valence-electron chi connectivity index (χ4n) is 3.67. The zero-order valence-electron chi connectivity index (χ0n) is 17.8. The van der Waals surface area contributed by atoms with Gasteiger partial charge in [0, 0.05) is 13.6 Å². The lowest BCUT2D eigenvalue weighted by atomic mass is 9.87. The van der Waals surface area contributed by atoms with Crippen molar-refractivity contribution in [3.8, 4) is 5.75 Å². The maximum atomic E-state index is 13.2. The number of ether oxygens (including phenoxy) is 1. The van der Waals surface area contributed by atoms with Crippen LogP contribution in [0.3, 0.4) is 0 Å². The zero-order chi connectivity index (χ0) is 21.9. The number of rotatable bonds is 7. The summed E-state index contributed by atoms with van der Waals surface area (Å²) in [6.07, 6.45) is 0.369. The lowest BCUT2D eigenvalue weighted by molar-refractivity contribution is -0.138. The molecule has 30 heavy (non-hydrogen) atoms. The van der Waals surface area contributed by atoms with Crippen LogP contribution in [0.5, 0.6) is 5.75 Å². The van der Waals surface area contributed by atoms with Gasteiger partial charge in [-0.05, 0) is 42.2 Å². The molecule has 2 aromatic carbocycles. The van der Waals surface area contributed by atoms with Crippen molar-refractivity contribution >= 4 is 17.8 Å². The van der Waals surface area contributed by atoms with Gasteiger partial charge < -0.3 is 15.0 Å². The summed E-state index contributed by atoms with van der Waals surface area (Å²) in [5, 5.41) is 2.80. The summed E-state index contributed by atoms with van der Waals surface area (Å²) in [5.74, 6) is -0.0622. The fourth-order valence-corrected chi connectivity index (χ4v) is 3.67. The van der Waals surface area contributed by atoms with Crippen molar-refractivity contribution in [2.24, 2.45) is 0 Å². The first-order valence-corrected chi connectivity index (χ1v) is 9.89. The fraction of sp³-hybridized carbons (Fsp3) is 0.348. The van der Waals surface area contributed by atoms with Gasteiger partial charge in [-0.3, -0.25) is 14.5 Å². The molecule has 7 nitrogen and oxygen atoms in total. The molecule has 158 valence electrons. The standard InChI is InChI=1S/C23H27N3O4/c1-5-23(18-10-12-19(30-4)13-11-18)21(28)26(22(29)24-23)15-20(27)25(3)14-17-9-7-6-8-16(17)2/h6-13H,5,14-15H2,1-4H3,(H,24,29). The third-order valence-corrected chi connectivity index (χ3v) is 5.68. The molecule has 1 aliphatic heterocycles. The van der Waals surface area contributed by atoms with E-state index in [0.717, 1.165) is 16.0 Å². The number of amides is 4. The maximum Gasteiger partial charge on any atom is 0.325 e. The van der Waals surface area contributed by atoms with E-state index in [1.807, 2.05) is 38.1 Å². The van der Waals surface area contributed by atoms with Crippen molar-refractivity contribution in [3.63, 3.8) is 0 Å². The second-order valence-electron chi connectivity index (χ2n) is 7.49. The molecular weight excluding hydrogens is 382 g/mol. The highest BCUT2D eigenvalue weighted by Crippen LogP contribution is 2.33. The van der Waals surface area contributed by atoms with Crippen LogP contribution in [0.4, 0.5) is 4.79 Å². The molecule has 1 unspecified atom stereocenters. The van der Waals surface area contributed by atoms with E-state index in [1.54, 1.807) is 38.4 Å². The minimum absolute atomic E-state index is 0.301. The molecular formula is C23H27N3O4. The first-order chi connectivity index (χ1) is 14.3. The van der Waals surface area contributed by atoms with E-state index in [4.69, 9.17) is 4.74 Å². The van der Waals surface area contributed by atoms with Crippen LogP contribution >= 0.6 is 0 Å². The van der Waals surface area contributed by atoms with E-state index in [2.05, 4.69) is 5.32 Å². The molecule has 1 heterocycles. The molecule has 1 atom stereocenters. The van der Waals surface area contributed by atoms with Gasteiger partial charge in [0.05, 0.1) is 7.11 Å². The van der Waals surface area contributed by atoms with Crippen LogP contribution in [-0.2, 0) is 21.7 Å². The Morgan fingerprint density at radius 2 is 1.80 bits per heavy atom. The minimum atomic E-state index is -1.18. The van der Waals surface area contributed by atoms with Crippen molar-refractivity contribution in [1.29, 1.82) is 0 Å². The lowest BCUT2D eigenvalue weighted by Crippen LogP contribution is -2.45. The van der Waals surface area contributed by atoms with Gasteiger partial charge >= 0.3 is 6.03 Å². The number of methoxy groups -OCH3 is 1. The van der Waals surface area contributed by atoms with Gasteiger partial charge in [-0.1, -0.05) is 43.3 Å². The molecule has 3 rings (SSSR count). The summed E-state index contributed by atoms with van der Waals surface area (Å²) in [6.45, 7) is 3.92. The maximum absolute atomic E-state index is 13.2. The molecule has 0 aliphatic carbocycles. The van der Waals surface area contributed by atoms with Gasteiger partial charge in [0.15, 0.2) is 0 Å². The molecule has 0 bridgehead atoms. The molecule has 0 spiro atoms. The van der Waals surface area contributed by atoms with Crippen LogP contribution in [0.2, 0.25) is 0 Å². The van der Waals surface area contributed by atoms with E-state index in [9.17, 15) is 14.4 Å². The molecule has 1 N–H and O–H groups in total. The van der Waals surface area contributed by atoms with Crippen LogP contribution in [0.1, 0.15) is 30.0 Å². The van der Waals surface area contributed by atoms with E-state index >= 15 is 0 Å². The summed E-state index contributed by atoms with van der Waals surface area (Å²) in [7, 11) is 3.23. The summed E-state index contributed by atoms with van der Waals surface area (Å²) >= 11 is 0. The largest absolute Gasteiger partial charge is 0.497 e. The topological polar surface area (TPSA) is 79.0 Å². The molecule has 0 saturated carbocycles. The quantitative estimate of drug-likeness (QED) is 0.714. The number of benzene rings is 2. The Bertz CT molecular complexity index is 957. The normalized spacial score (nSPS) is 18.3. The van der Waals surface area contributed by atoms with Gasteiger partial charge in [0.1, 0.15) is 17.8 Å².